The summed E-state index contributed by atoms with van der Waals surface area (Å²) in [6.45, 7) is 0.732. The summed E-state index contributed by atoms with van der Waals surface area (Å²) in [5.74, 6) is -0.292. The molecule has 94 valence electrons. The lowest BCUT2D eigenvalue weighted by Gasteiger charge is -2.08. The highest BCUT2D eigenvalue weighted by Gasteiger charge is 2.12. The Bertz CT molecular complexity index is 226. The van der Waals surface area contributed by atoms with Crippen molar-refractivity contribution in [1.29, 1.82) is 0 Å². The van der Waals surface area contributed by atoms with E-state index in [0.717, 1.165) is 12.2 Å². The molecule has 0 rings (SSSR count). The molecule has 0 fully saturated rings. The van der Waals surface area contributed by atoms with Crippen molar-refractivity contribution in [2.45, 2.75) is 18.9 Å². The van der Waals surface area contributed by atoms with E-state index < -0.39 is 12.1 Å². The summed E-state index contributed by atoms with van der Waals surface area (Å²) >= 11 is 1.71. The molecule has 0 spiro atoms. The van der Waals surface area contributed by atoms with Crippen molar-refractivity contribution in [3.63, 3.8) is 0 Å². The Morgan fingerprint density at radius 1 is 1.31 bits per heavy atom. The molecular formula is C9H18N2O4S. The second-order valence-corrected chi connectivity index (χ2v) is 4.16. The first-order valence-electron chi connectivity index (χ1n) is 4.99. The summed E-state index contributed by atoms with van der Waals surface area (Å²) < 4.78 is 0. The van der Waals surface area contributed by atoms with Gasteiger partial charge in [0, 0.05) is 19.5 Å². The molecule has 0 aromatic carbocycles. The number of aliphatic carboxylic acids is 1. The largest absolute Gasteiger partial charge is 0.479 e. The van der Waals surface area contributed by atoms with Crippen molar-refractivity contribution in [3.8, 4) is 0 Å². The molecule has 0 aliphatic carbocycles. The minimum atomic E-state index is -1.42. The average Bonchev–Trinajstić information content (AvgIpc) is 2.24. The lowest BCUT2D eigenvalue weighted by atomic mass is 10.2. The fourth-order valence-electron chi connectivity index (χ4n) is 0.927. The molecule has 2 amide bonds. The minimum Gasteiger partial charge on any atom is -0.479 e. The number of amides is 2. The molecule has 4 N–H and O–H groups in total. The van der Waals surface area contributed by atoms with E-state index >= 15 is 0 Å². The number of hydrogen-bond acceptors (Lipinski definition) is 4. The SMILES string of the molecule is CSCCCNC(=O)NCCC(O)C(=O)O. The highest BCUT2D eigenvalue weighted by Crippen LogP contribution is 1.93. The van der Waals surface area contributed by atoms with Gasteiger partial charge in [-0.15, -0.1) is 0 Å². The number of rotatable bonds is 8. The molecule has 0 saturated heterocycles. The third-order valence-electron chi connectivity index (χ3n) is 1.80. The van der Waals surface area contributed by atoms with Crippen LogP contribution < -0.4 is 10.6 Å². The first-order chi connectivity index (χ1) is 7.57. The smallest absolute Gasteiger partial charge is 0.332 e. The average molecular weight is 250 g/mol. The first-order valence-corrected chi connectivity index (χ1v) is 6.38. The molecule has 0 aromatic rings. The number of carboxylic acid groups (broad SMARTS) is 1. The van der Waals surface area contributed by atoms with Crippen LogP contribution in [-0.2, 0) is 4.79 Å². The van der Waals surface area contributed by atoms with E-state index in [-0.39, 0.29) is 19.0 Å². The number of carbonyl (C=O) groups is 2. The van der Waals surface area contributed by atoms with Crippen LogP contribution in [0.1, 0.15) is 12.8 Å². The molecule has 6 nitrogen and oxygen atoms in total. The molecule has 0 aliphatic rings. The zero-order valence-corrected chi connectivity index (χ0v) is 10.0. The quantitative estimate of drug-likeness (QED) is 0.450. The maximum Gasteiger partial charge on any atom is 0.332 e. The molecule has 16 heavy (non-hydrogen) atoms. The van der Waals surface area contributed by atoms with Crippen molar-refractivity contribution < 1.29 is 19.8 Å². The van der Waals surface area contributed by atoms with Crippen LogP contribution in [0.4, 0.5) is 4.79 Å². The van der Waals surface area contributed by atoms with Crippen LogP contribution in [0, 0.1) is 0 Å². The Morgan fingerprint density at radius 3 is 2.50 bits per heavy atom. The minimum absolute atomic E-state index is 0.00751. The number of aliphatic hydroxyl groups is 1. The van der Waals surface area contributed by atoms with Crippen LogP contribution in [0.15, 0.2) is 0 Å². The van der Waals surface area contributed by atoms with Crippen LogP contribution in [0.25, 0.3) is 0 Å². The number of carbonyl (C=O) groups excluding carboxylic acids is 1. The van der Waals surface area contributed by atoms with Gasteiger partial charge >= 0.3 is 12.0 Å². The Hall–Kier alpha value is -0.950. The van der Waals surface area contributed by atoms with Crippen molar-refractivity contribution in [2.75, 3.05) is 25.1 Å². The molecule has 0 saturated carbocycles. The summed E-state index contributed by atoms with van der Waals surface area (Å²) in [4.78, 5) is 21.3. The third-order valence-corrected chi connectivity index (χ3v) is 2.50. The molecule has 1 atom stereocenters. The third kappa shape index (κ3) is 8.37. The Morgan fingerprint density at radius 2 is 1.94 bits per heavy atom. The van der Waals surface area contributed by atoms with Crippen LogP contribution in [0.3, 0.4) is 0 Å². The summed E-state index contributed by atoms with van der Waals surface area (Å²) in [5.41, 5.74) is 0. The van der Waals surface area contributed by atoms with E-state index in [2.05, 4.69) is 10.6 Å². The Labute approximate surface area is 98.8 Å². The number of nitrogens with one attached hydrogen (secondary N) is 2. The van der Waals surface area contributed by atoms with Crippen LogP contribution in [0.5, 0.6) is 0 Å². The topological polar surface area (TPSA) is 98.7 Å². The summed E-state index contributed by atoms with van der Waals surface area (Å²) in [6, 6.07) is -0.335. The van der Waals surface area contributed by atoms with Crippen molar-refractivity contribution in [3.05, 3.63) is 0 Å². The highest BCUT2D eigenvalue weighted by atomic mass is 32.2. The van der Waals surface area contributed by atoms with E-state index in [1.807, 2.05) is 6.26 Å². The monoisotopic (exact) mass is 250 g/mol. The fourth-order valence-corrected chi connectivity index (χ4v) is 1.36. The Balaban J connectivity index is 3.40. The molecule has 0 radical (unpaired) electrons. The van der Waals surface area contributed by atoms with Gasteiger partial charge in [-0.1, -0.05) is 0 Å². The molecule has 1 unspecified atom stereocenters. The normalized spacial score (nSPS) is 11.9. The summed E-state index contributed by atoms with van der Waals surface area (Å²) in [7, 11) is 0. The first kappa shape index (κ1) is 15.0. The molecular weight excluding hydrogens is 232 g/mol. The standard InChI is InChI=1S/C9H18N2O4S/c1-16-6-2-4-10-9(15)11-5-3-7(12)8(13)14/h7,12H,2-6H2,1H3,(H,13,14)(H2,10,11,15). The van der Waals surface area contributed by atoms with Crippen molar-refractivity contribution >= 4 is 23.8 Å². The maximum absolute atomic E-state index is 11.1. The number of urea groups is 1. The van der Waals surface area contributed by atoms with E-state index in [4.69, 9.17) is 10.2 Å². The van der Waals surface area contributed by atoms with E-state index in [9.17, 15) is 9.59 Å². The van der Waals surface area contributed by atoms with Gasteiger partial charge in [-0.2, -0.15) is 11.8 Å². The van der Waals surface area contributed by atoms with Gasteiger partial charge in [0.05, 0.1) is 0 Å². The zero-order chi connectivity index (χ0) is 12.4. The predicted molar refractivity (Wildman–Crippen MR) is 62.7 cm³/mol. The molecule has 7 heteroatoms. The number of hydrogen-bond donors (Lipinski definition) is 4. The summed E-state index contributed by atoms with van der Waals surface area (Å²) in [6.07, 6.45) is 1.48. The number of aliphatic hydroxyl groups excluding tert-OH is 1. The molecule has 0 aliphatic heterocycles. The van der Waals surface area contributed by atoms with Gasteiger partial charge in [0.25, 0.3) is 0 Å². The van der Waals surface area contributed by atoms with Crippen LogP contribution in [-0.4, -0.2) is 53.4 Å². The van der Waals surface area contributed by atoms with E-state index in [0.29, 0.717) is 6.54 Å². The van der Waals surface area contributed by atoms with Gasteiger partial charge in [0.15, 0.2) is 6.10 Å². The van der Waals surface area contributed by atoms with E-state index in [1.54, 1.807) is 11.8 Å². The van der Waals surface area contributed by atoms with Gasteiger partial charge in [0.1, 0.15) is 0 Å². The van der Waals surface area contributed by atoms with Crippen molar-refractivity contribution in [1.82, 2.24) is 10.6 Å². The zero-order valence-electron chi connectivity index (χ0n) is 9.23. The van der Waals surface area contributed by atoms with Gasteiger partial charge in [-0.25, -0.2) is 9.59 Å². The van der Waals surface area contributed by atoms with Gasteiger partial charge in [0.2, 0.25) is 0 Å². The number of thioether (sulfide) groups is 1. The molecule has 0 bridgehead atoms. The lowest BCUT2D eigenvalue weighted by molar-refractivity contribution is -0.146. The molecule has 0 aromatic heterocycles. The van der Waals surface area contributed by atoms with Gasteiger partial charge in [-0.3, -0.25) is 0 Å². The second kappa shape index (κ2) is 9.29. The van der Waals surface area contributed by atoms with Gasteiger partial charge in [-0.05, 0) is 18.4 Å². The number of carboxylic acids is 1. The van der Waals surface area contributed by atoms with Crippen LogP contribution >= 0.6 is 11.8 Å². The van der Waals surface area contributed by atoms with E-state index in [1.165, 1.54) is 0 Å². The predicted octanol–water partition coefficient (Wildman–Crippen LogP) is -0.126. The lowest BCUT2D eigenvalue weighted by Crippen LogP contribution is -2.38. The van der Waals surface area contributed by atoms with Crippen molar-refractivity contribution in [2.24, 2.45) is 0 Å². The molecule has 0 heterocycles. The second-order valence-electron chi connectivity index (χ2n) is 3.17. The van der Waals surface area contributed by atoms with Crippen LogP contribution in [0.2, 0.25) is 0 Å². The van der Waals surface area contributed by atoms with Gasteiger partial charge < -0.3 is 20.8 Å². The highest BCUT2D eigenvalue weighted by molar-refractivity contribution is 7.98. The maximum atomic E-state index is 11.1. The summed E-state index contributed by atoms with van der Waals surface area (Å²) in [5, 5.41) is 22.4. The fraction of sp³-hybridized carbons (Fsp3) is 0.778. The Kier molecular flexibility index (Phi) is 8.74.